The van der Waals surface area contributed by atoms with Crippen LogP contribution in [0.3, 0.4) is 0 Å². The quantitative estimate of drug-likeness (QED) is 0.625. The molecule has 0 saturated carbocycles. The number of ether oxygens (including phenoxy) is 1. The largest absolute Gasteiger partial charge is 0.374 e. The number of hydrogen-bond acceptors (Lipinski definition) is 4. The SMILES string of the molecule is CSc1ccc(C(=O)C2CCOC3(CCSC3)C2)cc1. The average Bonchev–Trinajstić information content (AvgIpc) is 2.94. The van der Waals surface area contributed by atoms with Gasteiger partial charge in [0, 0.05) is 28.7 Å². The first-order valence-electron chi connectivity index (χ1n) is 7.12. The summed E-state index contributed by atoms with van der Waals surface area (Å²) in [6.07, 6.45) is 4.93. The number of carbonyl (C=O) groups excluding carboxylic acids is 1. The van der Waals surface area contributed by atoms with Crippen LogP contribution in [0, 0.1) is 5.92 Å². The van der Waals surface area contributed by atoms with E-state index in [1.807, 2.05) is 36.0 Å². The van der Waals surface area contributed by atoms with Crippen LogP contribution in [-0.2, 0) is 4.74 Å². The van der Waals surface area contributed by atoms with E-state index < -0.39 is 0 Å². The molecule has 0 radical (unpaired) electrons. The zero-order valence-corrected chi connectivity index (χ0v) is 13.4. The fourth-order valence-corrected chi connectivity index (χ4v) is 4.89. The van der Waals surface area contributed by atoms with Crippen molar-refractivity contribution in [2.75, 3.05) is 24.4 Å². The molecule has 4 heteroatoms. The molecule has 0 aliphatic carbocycles. The molecule has 1 aromatic carbocycles. The summed E-state index contributed by atoms with van der Waals surface area (Å²) in [6, 6.07) is 8.02. The van der Waals surface area contributed by atoms with Crippen LogP contribution in [-0.4, -0.2) is 35.8 Å². The highest BCUT2D eigenvalue weighted by molar-refractivity contribution is 7.99. The molecule has 0 aromatic heterocycles. The van der Waals surface area contributed by atoms with Crippen molar-refractivity contribution in [1.29, 1.82) is 0 Å². The van der Waals surface area contributed by atoms with Crippen molar-refractivity contribution in [2.24, 2.45) is 5.92 Å². The fourth-order valence-electron chi connectivity index (χ4n) is 3.11. The van der Waals surface area contributed by atoms with Crippen molar-refractivity contribution in [3.05, 3.63) is 29.8 Å². The number of ketones is 1. The van der Waals surface area contributed by atoms with E-state index in [-0.39, 0.29) is 11.5 Å². The zero-order chi connectivity index (χ0) is 14.0. The molecule has 2 unspecified atom stereocenters. The average molecular weight is 308 g/mol. The van der Waals surface area contributed by atoms with Gasteiger partial charge in [-0.25, -0.2) is 0 Å². The number of Topliss-reactive ketones (excluding diaryl/α,β-unsaturated/α-hetero) is 1. The van der Waals surface area contributed by atoms with E-state index in [1.54, 1.807) is 11.8 Å². The van der Waals surface area contributed by atoms with Crippen molar-refractivity contribution in [1.82, 2.24) is 0 Å². The van der Waals surface area contributed by atoms with Crippen LogP contribution < -0.4 is 0 Å². The Morgan fingerprint density at radius 1 is 1.40 bits per heavy atom. The Balaban J connectivity index is 1.72. The molecular weight excluding hydrogens is 288 g/mol. The minimum Gasteiger partial charge on any atom is -0.374 e. The van der Waals surface area contributed by atoms with Crippen LogP contribution in [0.15, 0.2) is 29.2 Å². The normalized spacial score (nSPS) is 29.8. The number of carbonyl (C=O) groups is 1. The Morgan fingerprint density at radius 2 is 2.20 bits per heavy atom. The molecule has 2 aliphatic heterocycles. The molecule has 1 aromatic rings. The lowest BCUT2D eigenvalue weighted by Gasteiger charge is -2.37. The standard InChI is InChI=1S/C16H20O2S2/c1-19-14-4-2-12(3-5-14)15(17)13-6-8-18-16(10-13)7-9-20-11-16/h2-5,13H,6-11H2,1H3. The van der Waals surface area contributed by atoms with Crippen LogP contribution >= 0.6 is 23.5 Å². The van der Waals surface area contributed by atoms with Crippen LogP contribution in [0.2, 0.25) is 0 Å². The van der Waals surface area contributed by atoms with E-state index in [2.05, 4.69) is 6.26 Å². The second-order valence-corrected chi connectivity index (χ2v) is 7.60. The molecule has 0 N–H and O–H groups in total. The van der Waals surface area contributed by atoms with E-state index in [0.717, 1.165) is 37.2 Å². The van der Waals surface area contributed by atoms with Gasteiger partial charge in [0.2, 0.25) is 0 Å². The topological polar surface area (TPSA) is 26.3 Å². The van der Waals surface area contributed by atoms with Gasteiger partial charge in [0.05, 0.1) is 5.60 Å². The summed E-state index contributed by atoms with van der Waals surface area (Å²) in [5, 5.41) is 0. The van der Waals surface area contributed by atoms with Crippen molar-refractivity contribution in [2.45, 2.75) is 29.8 Å². The van der Waals surface area contributed by atoms with Gasteiger partial charge in [0.15, 0.2) is 5.78 Å². The maximum absolute atomic E-state index is 12.7. The first-order valence-corrected chi connectivity index (χ1v) is 9.50. The third kappa shape index (κ3) is 2.92. The van der Waals surface area contributed by atoms with Crippen LogP contribution in [0.5, 0.6) is 0 Å². The van der Waals surface area contributed by atoms with Gasteiger partial charge in [-0.05, 0) is 43.4 Å². The van der Waals surface area contributed by atoms with E-state index >= 15 is 0 Å². The predicted octanol–water partition coefficient (Wildman–Crippen LogP) is 3.89. The number of rotatable bonds is 3. The Labute approximate surface area is 129 Å². The molecule has 2 atom stereocenters. The Morgan fingerprint density at radius 3 is 2.85 bits per heavy atom. The first kappa shape index (κ1) is 14.5. The molecule has 20 heavy (non-hydrogen) atoms. The van der Waals surface area contributed by atoms with Crippen molar-refractivity contribution >= 4 is 29.3 Å². The fraction of sp³-hybridized carbons (Fsp3) is 0.562. The molecule has 3 rings (SSSR count). The molecule has 0 amide bonds. The molecule has 2 fully saturated rings. The van der Waals surface area contributed by atoms with E-state index in [4.69, 9.17) is 4.74 Å². The maximum atomic E-state index is 12.7. The Bertz CT molecular complexity index is 478. The van der Waals surface area contributed by atoms with Crippen molar-refractivity contribution in [3.63, 3.8) is 0 Å². The monoisotopic (exact) mass is 308 g/mol. The summed E-state index contributed by atoms with van der Waals surface area (Å²) >= 11 is 3.66. The summed E-state index contributed by atoms with van der Waals surface area (Å²) in [7, 11) is 0. The third-order valence-corrected chi connectivity index (χ3v) is 6.27. The lowest BCUT2D eigenvalue weighted by molar-refractivity contribution is -0.0734. The van der Waals surface area contributed by atoms with Crippen molar-refractivity contribution in [3.8, 4) is 0 Å². The van der Waals surface area contributed by atoms with Gasteiger partial charge < -0.3 is 4.74 Å². The number of benzene rings is 1. The predicted molar refractivity (Wildman–Crippen MR) is 85.9 cm³/mol. The molecule has 108 valence electrons. The second-order valence-electron chi connectivity index (χ2n) is 5.62. The second kappa shape index (κ2) is 6.12. The minimum absolute atomic E-state index is 0.0115. The summed E-state index contributed by atoms with van der Waals surface area (Å²) in [4.78, 5) is 13.9. The first-order chi connectivity index (χ1) is 9.72. The molecule has 1 spiro atoms. The molecule has 2 saturated heterocycles. The van der Waals surface area contributed by atoms with Gasteiger partial charge in [0.1, 0.15) is 0 Å². The van der Waals surface area contributed by atoms with E-state index in [1.165, 1.54) is 10.6 Å². The maximum Gasteiger partial charge on any atom is 0.166 e. The van der Waals surface area contributed by atoms with Gasteiger partial charge >= 0.3 is 0 Å². The van der Waals surface area contributed by atoms with Gasteiger partial charge in [-0.15, -0.1) is 11.8 Å². The summed E-state index contributed by atoms with van der Waals surface area (Å²) in [6.45, 7) is 0.736. The third-order valence-electron chi connectivity index (χ3n) is 4.31. The zero-order valence-electron chi connectivity index (χ0n) is 11.8. The van der Waals surface area contributed by atoms with Crippen LogP contribution in [0.4, 0.5) is 0 Å². The van der Waals surface area contributed by atoms with Gasteiger partial charge in [-0.1, -0.05) is 12.1 Å². The number of hydrogen-bond donors (Lipinski definition) is 0. The lowest BCUT2D eigenvalue weighted by atomic mass is 9.81. The van der Waals surface area contributed by atoms with Crippen molar-refractivity contribution < 1.29 is 9.53 Å². The highest BCUT2D eigenvalue weighted by atomic mass is 32.2. The Kier molecular flexibility index (Phi) is 4.43. The van der Waals surface area contributed by atoms with Crippen LogP contribution in [0.25, 0.3) is 0 Å². The molecule has 0 bridgehead atoms. The lowest BCUT2D eigenvalue weighted by Crippen LogP contribution is -2.42. The Hall–Kier alpha value is -0.450. The summed E-state index contributed by atoms with van der Waals surface area (Å²) < 4.78 is 6.00. The highest BCUT2D eigenvalue weighted by Crippen LogP contribution is 2.41. The van der Waals surface area contributed by atoms with E-state index in [9.17, 15) is 4.79 Å². The molecule has 2 aliphatic rings. The molecule has 2 nitrogen and oxygen atoms in total. The minimum atomic E-state index is -0.0115. The number of thioether (sulfide) groups is 2. The smallest absolute Gasteiger partial charge is 0.166 e. The van der Waals surface area contributed by atoms with Gasteiger partial charge in [0.25, 0.3) is 0 Å². The highest BCUT2D eigenvalue weighted by Gasteiger charge is 2.42. The summed E-state index contributed by atoms with van der Waals surface area (Å²) in [5.41, 5.74) is 0.845. The van der Waals surface area contributed by atoms with Crippen LogP contribution in [0.1, 0.15) is 29.6 Å². The molecule has 2 heterocycles. The molecular formula is C16H20O2S2. The summed E-state index contributed by atoms with van der Waals surface area (Å²) in [5.74, 6) is 2.67. The van der Waals surface area contributed by atoms with Gasteiger partial charge in [-0.3, -0.25) is 4.79 Å². The van der Waals surface area contributed by atoms with E-state index in [0.29, 0.717) is 5.78 Å². The van der Waals surface area contributed by atoms with Gasteiger partial charge in [-0.2, -0.15) is 11.8 Å².